The van der Waals surface area contributed by atoms with Crippen LogP contribution >= 0.6 is 0 Å². The second-order valence-corrected chi connectivity index (χ2v) is 3.77. The summed E-state index contributed by atoms with van der Waals surface area (Å²) in [6.07, 6.45) is 2.43. The largest absolute Gasteiger partial charge is 0.396 e. The Kier molecular flexibility index (Phi) is 4.37. The highest BCUT2D eigenvalue weighted by atomic mass is 16.3. The van der Waals surface area contributed by atoms with Gasteiger partial charge >= 0.3 is 0 Å². The number of aliphatic hydroxyl groups is 1. The molecule has 4 heteroatoms. The minimum Gasteiger partial charge on any atom is -0.396 e. The van der Waals surface area contributed by atoms with E-state index in [1.807, 2.05) is 12.1 Å². The second-order valence-electron chi connectivity index (χ2n) is 3.77. The van der Waals surface area contributed by atoms with Crippen molar-refractivity contribution in [2.45, 2.75) is 26.3 Å². The molecule has 3 N–H and O–H groups in total. The summed E-state index contributed by atoms with van der Waals surface area (Å²) >= 11 is 0. The van der Waals surface area contributed by atoms with E-state index in [4.69, 9.17) is 10.8 Å². The van der Waals surface area contributed by atoms with E-state index in [1.54, 1.807) is 6.20 Å². The van der Waals surface area contributed by atoms with Crippen LogP contribution < -0.4 is 10.6 Å². The summed E-state index contributed by atoms with van der Waals surface area (Å²) < 4.78 is 0. The average Bonchev–Trinajstić information content (AvgIpc) is 2.20. The van der Waals surface area contributed by atoms with Crippen LogP contribution in [0.15, 0.2) is 18.3 Å². The van der Waals surface area contributed by atoms with Crippen LogP contribution in [0, 0.1) is 0 Å². The molecular formula is C11H19N3O. The fourth-order valence-electron chi connectivity index (χ4n) is 1.55. The zero-order valence-electron chi connectivity index (χ0n) is 9.35. The molecule has 15 heavy (non-hydrogen) atoms. The van der Waals surface area contributed by atoms with E-state index < -0.39 is 0 Å². The highest BCUT2D eigenvalue weighted by Gasteiger charge is 2.12. The molecule has 0 saturated heterocycles. The summed E-state index contributed by atoms with van der Waals surface area (Å²) in [5.74, 6) is 0.545. The Balaban J connectivity index is 2.84. The predicted octanol–water partition coefficient (Wildman–Crippen LogP) is 1.26. The van der Waals surface area contributed by atoms with E-state index in [9.17, 15) is 0 Å². The molecule has 0 atom stereocenters. The molecule has 1 aromatic heterocycles. The number of aliphatic hydroxyl groups excluding tert-OH is 1. The Bertz CT molecular complexity index is 302. The van der Waals surface area contributed by atoms with Crippen LogP contribution in [0.3, 0.4) is 0 Å². The number of nitrogens with zero attached hydrogens (tertiary/aromatic N) is 2. The van der Waals surface area contributed by atoms with Gasteiger partial charge in [0.05, 0.1) is 5.69 Å². The number of pyridine rings is 1. The molecule has 0 saturated carbocycles. The Labute approximate surface area is 90.7 Å². The minimum atomic E-state index is 0.198. The van der Waals surface area contributed by atoms with Crippen molar-refractivity contribution >= 4 is 11.5 Å². The number of hydrogen-bond donors (Lipinski definition) is 2. The van der Waals surface area contributed by atoms with Gasteiger partial charge in [-0.2, -0.15) is 0 Å². The fourth-order valence-corrected chi connectivity index (χ4v) is 1.55. The van der Waals surface area contributed by atoms with Gasteiger partial charge in [0, 0.05) is 25.4 Å². The van der Waals surface area contributed by atoms with E-state index in [2.05, 4.69) is 23.7 Å². The quantitative estimate of drug-likeness (QED) is 0.766. The summed E-state index contributed by atoms with van der Waals surface area (Å²) in [5.41, 5.74) is 6.76. The summed E-state index contributed by atoms with van der Waals surface area (Å²) in [6, 6.07) is 4.18. The van der Waals surface area contributed by atoms with E-state index in [-0.39, 0.29) is 6.61 Å². The van der Waals surface area contributed by atoms with Gasteiger partial charge in [-0.15, -0.1) is 0 Å². The molecule has 0 aliphatic heterocycles. The normalized spacial score (nSPS) is 10.7. The van der Waals surface area contributed by atoms with Crippen molar-refractivity contribution in [3.8, 4) is 0 Å². The lowest BCUT2D eigenvalue weighted by Crippen LogP contribution is -2.33. The van der Waals surface area contributed by atoms with E-state index in [0.717, 1.165) is 18.7 Å². The number of rotatable bonds is 5. The average molecular weight is 209 g/mol. The highest BCUT2D eigenvalue weighted by Crippen LogP contribution is 2.22. The molecule has 1 heterocycles. The van der Waals surface area contributed by atoms with E-state index in [1.165, 1.54) is 0 Å². The lowest BCUT2D eigenvalue weighted by Gasteiger charge is -2.29. The van der Waals surface area contributed by atoms with Gasteiger partial charge in [0.2, 0.25) is 0 Å². The van der Waals surface area contributed by atoms with Crippen molar-refractivity contribution < 1.29 is 5.11 Å². The maximum absolute atomic E-state index is 8.84. The SMILES string of the molecule is CC(C)N(CCCO)c1cccnc1N. The molecule has 0 aliphatic rings. The molecule has 1 aromatic rings. The molecular weight excluding hydrogens is 190 g/mol. The van der Waals surface area contributed by atoms with E-state index in [0.29, 0.717) is 11.9 Å². The van der Waals surface area contributed by atoms with Crippen molar-refractivity contribution in [2.75, 3.05) is 23.8 Å². The number of aromatic nitrogens is 1. The third-order valence-corrected chi connectivity index (χ3v) is 2.31. The molecule has 0 fully saturated rings. The van der Waals surface area contributed by atoms with Crippen LogP contribution in [-0.4, -0.2) is 29.3 Å². The standard InChI is InChI=1S/C11H19N3O/c1-9(2)14(7-4-8-15)10-5-3-6-13-11(10)12/h3,5-6,9,15H,4,7-8H2,1-2H3,(H2,12,13). The van der Waals surface area contributed by atoms with Crippen molar-refractivity contribution in [1.29, 1.82) is 0 Å². The maximum Gasteiger partial charge on any atom is 0.146 e. The van der Waals surface area contributed by atoms with Gasteiger partial charge in [0.1, 0.15) is 5.82 Å². The van der Waals surface area contributed by atoms with Crippen molar-refractivity contribution in [2.24, 2.45) is 0 Å². The van der Waals surface area contributed by atoms with Crippen LogP contribution in [-0.2, 0) is 0 Å². The lowest BCUT2D eigenvalue weighted by molar-refractivity contribution is 0.288. The Morgan fingerprint density at radius 3 is 2.80 bits per heavy atom. The first-order chi connectivity index (χ1) is 7.16. The Morgan fingerprint density at radius 1 is 1.53 bits per heavy atom. The first kappa shape index (κ1) is 11.8. The van der Waals surface area contributed by atoms with Gasteiger partial charge in [-0.25, -0.2) is 4.98 Å². The minimum absolute atomic E-state index is 0.198. The third-order valence-electron chi connectivity index (χ3n) is 2.31. The first-order valence-corrected chi connectivity index (χ1v) is 5.24. The molecule has 0 bridgehead atoms. The Hall–Kier alpha value is -1.29. The molecule has 0 aromatic carbocycles. The van der Waals surface area contributed by atoms with Crippen LogP contribution in [0.2, 0.25) is 0 Å². The molecule has 0 radical (unpaired) electrons. The van der Waals surface area contributed by atoms with Crippen LogP contribution in [0.5, 0.6) is 0 Å². The lowest BCUT2D eigenvalue weighted by atomic mass is 10.2. The van der Waals surface area contributed by atoms with Crippen molar-refractivity contribution in [3.05, 3.63) is 18.3 Å². The predicted molar refractivity (Wildman–Crippen MR) is 62.8 cm³/mol. The topological polar surface area (TPSA) is 62.4 Å². The number of anilines is 2. The van der Waals surface area contributed by atoms with Gasteiger partial charge in [0.25, 0.3) is 0 Å². The zero-order chi connectivity index (χ0) is 11.3. The van der Waals surface area contributed by atoms with Gasteiger partial charge in [-0.1, -0.05) is 0 Å². The maximum atomic E-state index is 8.84. The molecule has 84 valence electrons. The number of nitrogens with two attached hydrogens (primary N) is 1. The molecule has 0 unspecified atom stereocenters. The van der Waals surface area contributed by atoms with Crippen LogP contribution in [0.1, 0.15) is 20.3 Å². The Morgan fingerprint density at radius 2 is 2.27 bits per heavy atom. The molecule has 0 spiro atoms. The number of nitrogen functional groups attached to an aromatic ring is 1. The number of hydrogen-bond acceptors (Lipinski definition) is 4. The summed E-state index contributed by atoms with van der Waals surface area (Å²) in [4.78, 5) is 6.22. The van der Waals surface area contributed by atoms with Crippen LogP contribution in [0.25, 0.3) is 0 Å². The molecule has 1 rings (SSSR count). The van der Waals surface area contributed by atoms with Crippen molar-refractivity contribution in [3.63, 3.8) is 0 Å². The van der Waals surface area contributed by atoms with Crippen LogP contribution in [0.4, 0.5) is 11.5 Å². The highest BCUT2D eigenvalue weighted by molar-refractivity contribution is 5.63. The van der Waals surface area contributed by atoms with Gasteiger partial charge in [0.15, 0.2) is 0 Å². The first-order valence-electron chi connectivity index (χ1n) is 5.24. The monoisotopic (exact) mass is 209 g/mol. The van der Waals surface area contributed by atoms with Crippen molar-refractivity contribution in [1.82, 2.24) is 4.98 Å². The molecule has 4 nitrogen and oxygen atoms in total. The summed E-state index contributed by atoms with van der Waals surface area (Å²) in [6.45, 7) is 5.20. The van der Waals surface area contributed by atoms with Gasteiger partial charge in [-0.05, 0) is 32.4 Å². The van der Waals surface area contributed by atoms with Gasteiger partial charge in [-0.3, -0.25) is 0 Å². The summed E-state index contributed by atoms with van der Waals surface area (Å²) in [5, 5.41) is 8.84. The third kappa shape index (κ3) is 3.09. The molecule has 0 amide bonds. The van der Waals surface area contributed by atoms with E-state index >= 15 is 0 Å². The fraction of sp³-hybridized carbons (Fsp3) is 0.545. The molecule has 0 aliphatic carbocycles. The smallest absolute Gasteiger partial charge is 0.146 e. The summed E-state index contributed by atoms with van der Waals surface area (Å²) in [7, 11) is 0. The zero-order valence-corrected chi connectivity index (χ0v) is 9.35. The second kappa shape index (κ2) is 5.56. The van der Waals surface area contributed by atoms with Gasteiger partial charge < -0.3 is 15.7 Å².